The van der Waals surface area contributed by atoms with E-state index in [2.05, 4.69) is 453 Å². The van der Waals surface area contributed by atoms with Crippen LogP contribution < -0.4 is 49.0 Å². The van der Waals surface area contributed by atoms with Gasteiger partial charge < -0.3 is 71.1 Å². The lowest BCUT2D eigenvalue weighted by Gasteiger charge is -2.34. The molecule has 5 aliphatic heterocycles. The van der Waals surface area contributed by atoms with E-state index < -0.39 is 0 Å². The van der Waals surface area contributed by atoms with Crippen molar-refractivity contribution in [1.82, 2.24) is 24.9 Å². The molecule has 21 aromatic rings. The maximum Gasteiger partial charge on any atom is 0.227 e. The van der Waals surface area contributed by atoms with Gasteiger partial charge in [0.1, 0.15) is 30.8 Å². The van der Waals surface area contributed by atoms with Crippen molar-refractivity contribution in [3.05, 3.63) is 365 Å². The van der Waals surface area contributed by atoms with Crippen molar-refractivity contribution in [2.24, 2.45) is 0 Å². The molecule has 728 valence electrons. The van der Waals surface area contributed by atoms with Crippen LogP contribution in [0.4, 0.5) is 79.6 Å². The van der Waals surface area contributed by atoms with Crippen LogP contribution in [0.5, 0.6) is 0 Å². The van der Waals surface area contributed by atoms with E-state index in [1.807, 2.05) is 71.0 Å². The molecule has 15 heterocycles. The first kappa shape index (κ1) is 93.6. The summed E-state index contributed by atoms with van der Waals surface area (Å²) in [4.78, 5) is 46.7. The van der Waals surface area contributed by atoms with Crippen molar-refractivity contribution in [1.29, 1.82) is 0 Å². The Morgan fingerprint density at radius 3 is 0.855 bits per heavy atom. The second-order valence-electron chi connectivity index (χ2n) is 40.3. The van der Waals surface area contributed by atoms with E-state index in [-0.39, 0.29) is 30.8 Å². The lowest BCUT2D eigenvalue weighted by Crippen LogP contribution is -2.42. The highest BCUT2D eigenvalue weighted by Crippen LogP contribution is 2.55. The lowest BCUT2D eigenvalue weighted by molar-refractivity contribution is 0.601. The average Bonchev–Trinajstić information content (AvgIpc) is 1.57. The summed E-state index contributed by atoms with van der Waals surface area (Å²) in [6, 6.07) is 96.4. The zero-order valence-electron chi connectivity index (χ0n) is 86.7. The number of anilines is 14. The number of para-hydroxylation sites is 9. The smallest absolute Gasteiger partial charge is 0.227 e. The van der Waals surface area contributed by atoms with Gasteiger partial charge in [-0.1, -0.05) is 179 Å². The van der Waals surface area contributed by atoms with E-state index >= 15 is 0 Å². The van der Waals surface area contributed by atoms with Crippen molar-refractivity contribution in [2.75, 3.05) is 56.0 Å². The minimum absolute atomic E-state index is 0.0898. The standard InChI is InChI=1S/C29H33N3O.C27H23N3O.C24H25N3O.C23H21N3O.C22H21N3O/c1-17(2)22-9-8-10-23(18(3)4)27(22)32-16-15-31(21(32)7)26-19(5)11-13-24-25-14-12-20(6)30-29(25)33-28(24)26;1-17-13-15-21-22-16-14-18(2)28-27(22)31-26(21)25(17)30-19(3)29(20-9-5-4-6-10-20)23-11-7-8-12-24(23)30;1-14(2)26-17(5)27(21-9-7-6-8-20(21)26)22-15(3)10-12-18-19-13-11-16(4)25-24(19)28-23(18)22;1-15-9-11-19-20-12-10-16(2)24-23(20)27-22(19)21(15)26-14-13-25(17(26)3)18-7-5-4-6-8-18;1-13-9-11-16-17-12-10-14(2)23-22(17)26-21(16)20(13)25-15(3)24(4)18-7-5-6-8-19(18)25/h8-18,21H,1-7H3;4-16,19H,1-3H3;6-14,17H,1-5H3;4-14,17H,1-3H3;5-12,15H,1-4H3/t21-;19-;2*17-;15-/m10000/s1. The number of furan rings is 5. The van der Waals surface area contributed by atoms with E-state index in [1.165, 1.54) is 90.1 Å². The van der Waals surface area contributed by atoms with Crippen LogP contribution >= 0.6 is 0 Å². The predicted octanol–water partition coefficient (Wildman–Crippen LogP) is 32.8. The Morgan fingerprint density at radius 2 is 0.497 bits per heavy atom. The quantitative estimate of drug-likeness (QED) is 0.120. The molecule has 0 unspecified atom stereocenters. The summed E-state index contributed by atoms with van der Waals surface area (Å²) in [7, 11) is 2.14. The molecule has 26 rings (SSSR count). The number of fused-ring (bicyclic) bond motifs is 18. The van der Waals surface area contributed by atoms with Crippen molar-refractivity contribution in [2.45, 2.75) is 194 Å². The molecule has 145 heavy (non-hydrogen) atoms. The van der Waals surface area contributed by atoms with Crippen molar-refractivity contribution < 1.29 is 22.1 Å². The van der Waals surface area contributed by atoms with Crippen LogP contribution in [0.25, 0.3) is 110 Å². The molecule has 20 heteroatoms. The largest absolute Gasteiger partial charge is 0.435 e. The molecule has 0 saturated heterocycles. The van der Waals surface area contributed by atoms with Crippen molar-refractivity contribution >= 4 is 190 Å². The molecule has 0 radical (unpaired) electrons. The van der Waals surface area contributed by atoms with E-state index in [0.717, 1.165) is 139 Å². The average molecular weight is 1920 g/mol. The number of benzene rings is 11. The Kier molecular flexibility index (Phi) is 24.0. The number of nitrogens with zero attached hydrogens (tertiary/aromatic N) is 15. The van der Waals surface area contributed by atoms with Gasteiger partial charge in [0, 0.05) is 137 Å². The van der Waals surface area contributed by atoms with Gasteiger partial charge in [0.2, 0.25) is 28.6 Å². The summed E-state index contributed by atoms with van der Waals surface area (Å²) in [5.41, 5.74) is 38.2. The van der Waals surface area contributed by atoms with Crippen LogP contribution in [0.3, 0.4) is 0 Å². The van der Waals surface area contributed by atoms with E-state index in [4.69, 9.17) is 22.1 Å². The summed E-state index contributed by atoms with van der Waals surface area (Å²) < 4.78 is 31.6. The summed E-state index contributed by atoms with van der Waals surface area (Å²) in [5, 5.41) is 10.9. The molecule has 0 amide bonds. The normalized spacial score (nSPS) is 16.4. The highest BCUT2D eigenvalue weighted by Gasteiger charge is 2.42. The fourth-order valence-electron chi connectivity index (χ4n) is 22.5. The number of hydrogen-bond donors (Lipinski definition) is 0. The topological polar surface area (TPSA) is 163 Å². The Hall–Kier alpha value is -16.4. The van der Waals surface area contributed by atoms with Crippen LogP contribution in [0.15, 0.2) is 320 Å². The van der Waals surface area contributed by atoms with Gasteiger partial charge in [0.15, 0.2) is 27.9 Å². The first-order valence-corrected chi connectivity index (χ1v) is 50.7. The zero-order valence-corrected chi connectivity index (χ0v) is 86.7. The highest BCUT2D eigenvalue weighted by atomic mass is 16.4. The lowest BCUT2D eigenvalue weighted by atomic mass is 9.92. The van der Waals surface area contributed by atoms with Gasteiger partial charge in [0.25, 0.3) is 0 Å². The fourth-order valence-corrected chi connectivity index (χ4v) is 22.5. The minimum atomic E-state index is 0.0898. The molecule has 0 bridgehead atoms. The van der Waals surface area contributed by atoms with Gasteiger partial charge in [-0.25, -0.2) is 24.9 Å². The zero-order chi connectivity index (χ0) is 101. The molecule has 0 N–H and O–H groups in total. The summed E-state index contributed by atoms with van der Waals surface area (Å²) in [6.45, 7) is 45.5. The molecule has 20 nitrogen and oxygen atoms in total. The van der Waals surface area contributed by atoms with Crippen LogP contribution in [-0.2, 0) is 0 Å². The maximum atomic E-state index is 6.39. The van der Waals surface area contributed by atoms with Gasteiger partial charge in [0.05, 0.1) is 62.6 Å². The van der Waals surface area contributed by atoms with Gasteiger partial charge in [-0.2, -0.15) is 0 Å². The Balaban J connectivity index is 0.000000104. The van der Waals surface area contributed by atoms with Crippen molar-refractivity contribution in [3.63, 3.8) is 0 Å². The molecule has 5 atom stereocenters. The summed E-state index contributed by atoms with van der Waals surface area (Å²) >= 11 is 0. The molecule has 0 saturated carbocycles. The minimum Gasteiger partial charge on any atom is -0.435 e. The number of aromatic nitrogens is 5. The van der Waals surface area contributed by atoms with Crippen LogP contribution in [0, 0.1) is 69.2 Å². The third-order valence-corrected chi connectivity index (χ3v) is 29.8. The first-order valence-electron chi connectivity index (χ1n) is 50.7. The Morgan fingerprint density at radius 1 is 0.228 bits per heavy atom. The third kappa shape index (κ3) is 16.0. The predicted molar refractivity (Wildman–Crippen MR) is 602 cm³/mol. The Labute approximate surface area is 847 Å². The van der Waals surface area contributed by atoms with Gasteiger partial charge in [-0.15, -0.1) is 0 Å². The molecular formula is C125H123N15O5. The number of rotatable bonds is 11. The molecule has 0 spiro atoms. The molecule has 5 aliphatic rings. The SMILES string of the molecule is Cc1ccc2c(n1)oc1c(N3C=CN(c4c(C(C)C)cccc4C(C)C)[C@@H]3C)c(C)ccc12.Cc1ccc2c(n1)oc1c(N3C=CN(c4ccccc4)[C@@H]3C)c(C)ccc12.Cc1ccc2c(n1)oc1c(N3c4ccccc4N(C(C)C)[C@@H]3C)c(C)ccc12.Cc1ccc2c(n1)oc1c(N3c4ccccc4N(C)[C@@H]3C)c(C)ccc12.Cc1ccc2c(n1)oc1c(N3c4ccccc4N(c4ccccc4)[C@@H]3C)c(C)ccc12. The van der Waals surface area contributed by atoms with Crippen LogP contribution in [0.2, 0.25) is 0 Å². The second kappa shape index (κ2) is 37.2. The first-order chi connectivity index (χ1) is 70.1. The van der Waals surface area contributed by atoms with Crippen LogP contribution in [0.1, 0.15) is 155 Å². The molecule has 0 fully saturated rings. The molecule has 10 aromatic heterocycles. The number of hydrogen-bond acceptors (Lipinski definition) is 20. The second-order valence-corrected chi connectivity index (χ2v) is 40.3. The molecular weight excluding hydrogens is 1790 g/mol. The molecule has 11 aromatic carbocycles. The summed E-state index contributed by atoms with van der Waals surface area (Å²) in [5.74, 6) is 0.895. The van der Waals surface area contributed by atoms with Gasteiger partial charge in [-0.05, 0) is 290 Å². The number of pyridine rings is 5. The maximum absolute atomic E-state index is 6.39. The van der Waals surface area contributed by atoms with E-state index in [1.54, 1.807) is 0 Å². The van der Waals surface area contributed by atoms with E-state index in [9.17, 15) is 0 Å². The third-order valence-electron chi connectivity index (χ3n) is 29.8. The van der Waals surface area contributed by atoms with Crippen LogP contribution in [-0.4, -0.2) is 68.8 Å². The highest BCUT2D eigenvalue weighted by molar-refractivity contribution is 6.15. The Bertz CT molecular complexity index is 8660. The monoisotopic (exact) mass is 1910 g/mol. The number of aryl methyl sites for hydroxylation is 10. The van der Waals surface area contributed by atoms with Crippen molar-refractivity contribution in [3.8, 4) is 0 Å². The summed E-state index contributed by atoms with van der Waals surface area (Å²) in [6.07, 6.45) is 9.44. The van der Waals surface area contributed by atoms with E-state index in [0.29, 0.717) is 46.4 Å². The molecule has 0 aliphatic carbocycles. The van der Waals surface area contributed by atoms with Gasteiger partial charge >= 0.3 is 0 Å². The fraction of sp³-hybridized carbons (Fsp3) is 0.240. The van der Waals surface area contributed by atoms with Gasteiger partial charge in [-0.3, -0.25) is 0 Å².